The third-order valence-corrected chi connectivity index (χ3v) is 2.06. The summed E-state index contributed by atoms with van der Waals surface area (Å²) in [6.45, 7) is 2.52. The molecule has 0 aliphatic rings. The first-order chi connectivity index (χ1) is 7.51. The van der Waals surface area contributed by atoms with Crippen LogP contribution in [0.1, 0.15) is 12.5 Å². The zero-order valence-corrected chi connectivity index (χ0v) is 9.99. The third-order valence-electron chi connectivity index (χ3n) is 1.62. The fourth-order valence-corrected chi connectivity index (χ4v) is 1.26. The SMILES string of the molecule is CCOc1ccc(/C=N/NS(C)(=O)=O)cc1. The van der Waals surface area contributed by atoms with Crippen LogP contribution < -0.4 is 9.57 Å². The van der Waals surface area contributed by atoms with Crippen LogP contribution in [0.2, 0.25) is 0 Å². The van der Waals surface area contributed by atoms with Crippen molar-refractivity contribution in [3.63, 3.8) is 0 Å². The van der Waals surface area contributed by atoms with Crippen LogP contribution >= 0.6 is 0 Å². The van der Waals surface area contributed by atoms with Gasteiger partial charge in [0, 0.05) is 0 Å². The van der Waals surface area contributed by atoms with Gasteiger partial charge in [-0.1, -0.05) is 0 Å². The molecule has 0 aliphatic carbocycles. The van der Waals surface area contributed by atoms with Crippen LogP contribution in [-0.4, -0.2) is 27.5 Å². The van der Waals surface area contributed by atoms with Crippen molar-refractivity contribution in [2.45, 2.75) is 6.92 Å². The Morgan fingerprint density at radius 1 is 1.38 bits per heavy atom. The monoisotopic (exact) mass is 242 g/mol. The molecule has 1 rings (SSSR count). The van der Waals surface area contributed by atoms with Gasteiger partial charge in [-0.25, -0.2) is 13.2 Å². The summed E-state index contributed by atoms with van der Waals surface area (Å²) in [6.07, 6.45) is 2.47. The Balaban J connectivity index is 2.61. The first-order valence-electron chi connectivity index (χ1n) is 4.74. The Bertz CT molecular complexity index is 451. The van der Waals surface area contributed by atoms with Gasteiger partial charge < -0.3 is 4.74 Å². The lowest BCUT2D eigenvalue weighted by atomic mass is 10.2. The number of rotatable bonds is 5. The number of hydrazone groups is 1. The van der Waals surface area contributed by atoms with Gasteiger partial charge in [0.1, 0.15) is 5.75 Å². The minimum Gasteiger partial charge on any atom is -0.494 e. The lowest BCUT2D eigenvalue weighted by molar-refractivity contribution is 0.340. The highest BCUT2D eigenvalue weighted by molar-refractivity contribution is 7.88. The molecule has 1 aromatic carbocycles. The lowest BCUT2D eigenvalue weighted by Gasteiger charge is -2.02. The molecular weight excluding hydrogens is 228 g/mol. The average Bonchev–Trinajstić information content (AvgIpc) is 2.19. The summed E-state index contributed by atoms with van der Waals surface area (Å²) in [5.74, 6) is 0.774. The molecular formula is C10H14N2O3S. The first-order valence-corrected chi connectivity index (χ1v) is 6.63. The van der Waals surface area contributed by atoms with Crippen LogP contribution in [0.5, 0.6) is 5.75 Å². The van der Waals surface area contributed by atoms with Crippen molar-refractivity contribution < 1.29 is 13.2 Å². The van der Waals surface area contributed by atoms with Crippen molar-refractivity contribution in [1.29, 1.82) is 0 Å². The second kappa shape index (κ2) is 5.50. The van der Waals surface area contributed by atoms with Crippen LogP contribution in [0.3, 0.4) is 0 Å². The van der Waals surface area contributed by atoms with Crippen molar-refractivity contribution in [3.8, 4) is 5.75 Å². The standard InChI is InChI=1S/C10H14N2O3S/c1-3-15-10-6-4-9(5-7-10)8-11-12-16(2,13)14/h4-8,12H,3H2,1-2H3/b11-8+. The fraction of sp³-hybridized carbons (Fsp3) is 0.300. The van der Waals surface area contributed by atoms with Gasteiger partial charge in [-0.3, -0.25) is 0 Å². The highest BCUT2D eigenvalue weighted by Crippen LogP contribution is 2.10. The molecule has 0 spiro atoms. The van der Waals surface area contributed by atoms with Crippen molar-refractivity contribution in [1.82, 2.24) is 4.83 Å². The van der Waals surface area contributed by atoms with Gasteiger partial charge in [0.2, 0.25) is 10.0 Å². The van der Waals surface area contributed by atoms with E-state index in [0.717, 1.165) is 17.6 Å². The van der Waals surface area contributed by atoms with Crippen molar-refractivity contribution >= 4 is 16.2 Å². The van der Waals surface area contributed by atoms with E-state index in [2.05, 4.69) is 5.10 Å². The van der Waals surface area contributed by atoms with Crippen LogP contribution in [0, 0.1) is 0 Å². The van der Waals surface area contributed by atoms with Gasteiger partial charge in [-0.05, 0) is 36.8 Å². The Morgan fingerprint density at radius 2 is 2.00 bits per heavy atom. The van der Waals surface area contributed by atoms with E-state index >= 15 is 0 Å². The molecule has 0 saturated carbocycles. The van der Waals surface area contributed by atoms with Gasteiger partial charge in [-0.2, -0.15) is 5.10 Å². The van der Waals surface area contributed by atoms with Crippen LogP contribution in [-0.2, 0) is 10.0 Å². The summed E-state index contributed by atoms with van der Waals surface area (Å²) in [4.78, 5) is 2.02. The maximum Gasteiger partial charge on any atom is 0.244 e. The van der Waals surface area contributed by atoms with Gasteiger partial charge in [-0.15, -0.1) is 0 Å². The molecule has 0 bridgehead atoms. The Kier molecular flexibility index (Phi) is 4.30. The normalized spacial score (nSPS) is 11.6. The highest BCUT2D eigenvalue weighted by Gasteiger charge is 1.95. The van der Waals surface area contributed by atoms with Crippen LogP contribution in [0.4, 0.5) is 0 Å². The number of hydrogen-bond acceptors (Lipinski definition) is 4. The van der Waals surface area contributed by atoms with E-state index in [-0.39, 0.29) is 0 Å². The molecule has 0 aromatic heterocycles. The lowest BCUT2D eigenvalue weighted by Crippen LogP contribution is -2.15. The zero-order valence-electron chi connectivity index (χ0n) is 9.17. The summed E-state index contributed by atoms with van der Waals surface area (Å²) in [6, 6.07) is 7.17. The first kappa shape index (κ1) is 12.5. The molecule has 0 aliphatic heterocycles. The quantitative estimate of drug-likeness (QED) is 0.618. The molecule has 5 nitrogen and oxygen atoms in total. The third kappa shape index (κ3) is 4.79. The van der Waals surface area contributed by atoms with Gasteiger partial charge in [0.05, 0.1) is 19.1 Å². The van der Waals surface area contributed by atoms with E-state index in [0.29, 0.717) is 6.61 Å². The second-order valence-corrected chi connectivity index (χ2v) is 4.85. The number of hydrogen-bond donors (Lipinski definition) is 1. The average molecular weight is 242 g/mol. The molecule has 0 saturated heterocycles. The molecule has 0 heterocycles. The van der Waals surface area contributed by atoms with Crippen molar-refractivity contribution in [2.75, 3.05) is 12.9 Å². The molecule has 16 heavy (non-hydrogen) atoms. The van der Waals surface area contributed by atoms with Crippen molar-refractivity contribution in [3.05, 3.63) is 29.8 Å². The molecule has 0 fully saturated rings. The number of ether oxygens (including phenoxy) is 1. The van der Waals surface area contributed by atoms with Gasteiger partial charge in [0.15, 0.2) is 0 Å². The van der Waals surface area contributed by atoms with E-state index < -0.39 is 10.0 Å². The predicted molar refractivity (Wildman–Crippen MR) is 63.2 cm³/mol. The molecule has 88 valence electrons. The molecule has 0 amide bonds. The Morgan fingerprint density at radius 3 is 2.50 bits per heavy atom. The molecule has 0 radical (unpaired) electrons. The predicted octanol–water partition coefficient (Wildman–Crippen LogP) is 0.968. The maximum absolute atomic E-state index is 10.7. The summed E-state index contributed by atoms with van der Waals surface area (Å²) in [7, 11) is -3.28. The van der Waals surface area contributed by atoms with Gasteiger partial charge >= 0.3 is 0 Å². The number of nitrogens with zero attached hydrogens (tertiary/aromatic N) is 1. The summed E-state index contributed by atoms with van der Waals surface area (Å²) < 4.78 is 26.7. The number of benzene rings is 1. The molecule has 0 unspecified atom stereocenters. The smallest absolute Gasteiger partial charge is 0.244 e. The van der Waals surface area contributed by atoms with E-state index in [1.54, 1.807) is 24.3 Å². The molecule has 6 heteroatoms. The largest absolute Gasteiger partial charge is 0.494 e. The van der Waals surface area contributed by atoms with E-state index in [1.165, 1.54) is 6.21 Å². The van der Waals surface area contributed by atoms with Gasteiger partial charge in [0.25, 0.3) is 0 Å². The summed E-state index contributed by atoms with van der Waals surface area (Å²) in [5.41, 5.74) is 0.791. The number of nitrogens with one attached hydrogen (secondary N) is 1. The topological polar surface area (TPSA) is 67.8 Å². The van der Waals surface area contributed by atoms with Crippen LogP contribution in [0.15, 0.2) is 29.4 Å². The highest BCUT2D eigenvalue weighted by atomic mass is 32.2. The minimum atomic E-state index is -3.28. The second-order valence-electron chi connectivity index (χ2n) is 3.12. The van der Waals surface area contributed by atoms with E-state index in [9.17, 15) is 8.42 Å². The molecule has 0 atom stereocenters. The Hall–Kier alpha value is -1.56. The maximum atomic E-state index is 10.7. The van der Waals surface area contributed by atoms with Crippen LogP contribution in [0.25, 0.3) is 0 Å². The van der Waals surface area contributed by atoms with Crippen molar-refractivity contribution in [2.24, 2.45) is 5.10 Å². The number of sulfonamides is 1. The molecule has 1 N–H and O–H groups in total. The summed E-state index contributed by atoms with van der Waals surface area (Å²) >= 11 is 0. The Labute approximate surface area is 95.2 Å². The van der Waals surface area contributed by atoms with E-state index in [1.807, 2.05) is 11.8 Å². The summed E-state index contributed by atoms with van der Waals surface area (Å²) in [5, 5.41) is 3.58. The minimum absolute atomic E-state index is 0.614. The zero-order chi connectivity index (χ0) is 12.0. The van der Waals surface area contributed by atoms with E-state index in [4.69, 9.17) is 4.74 Å². The molecule has 1 aromatic rings. The fourth-order valence-electron chi connectivity index (χ4n) is 1.01.